The number of aryl methyl sites for hydroxylation is 2. The summed E-state index contributed by atoms with van der Waals surface area (Å²) in [6.45, 7) is 7.00. The summed E-state index contributed by atoms with van der Waals surface area (Å²) >= 11 is 0. The molecule has 4 heterocycles. The first-order valence-corrected chi connectivity index (χ1v) is 9.85. The molecule has 0 radical (unpaired) electrons. The molecule has 1 aliphatic heterocycles. The van der Waals surface area contributed by atoms with E-state index in [-0.39, 0.29) is 18.1 Å². The van der Waals surface area contributed by atoms with Crippen molar-refractivity contribution in [2.75, 3.05) is 24.6 Å². The molecule has 0 N–H and O–H groups in total. The number of rotatable bonds is 6. The maximum Gasteiger partial charge on any atom is 0.359 e. The maximum atomic E-state index is 12.7. The van der Waals surface area contributed by atoms with E-state index in [1.165, 1.54) is 0 Å². The number of Topliss-reactive ketones (excluding diaryl/α,β-unsaturated/α-hetero) is 1. The molecule has 0 spiro atoms. The van der Waals surface area contributed by atoms with Crippen molar-refractivity contribution >= 4 is 17.6 Å². The number of ketones is 1. The van der Waals surface area contributed by atoms with Crippen molar-refractivity contribution in [1.82, 2.24) is 19.9 Å². The number of aromatic nitrogens is 4. The van der Waals surface area contributed by atoms with Gasteiger partial charge in [0.05, 0.1) is 0 Å². The van der Waals surface area contributed by atoms with Crippen LogP contribution in [0.3, 0.4) is 0 Å². The fraction of sp³-hybridized carbons (Fsp3) is 0.381. The summed E-state index contributed by atoms with van der Waals surface area (Å²) in [4.78, 5) is 27.1. The second-order valence-electron chi connectivity index (χ2n) is 7.39. The Kier molecular flexibility index (Phi) is 5.35. The number of esters is 1. The van der Waals surface area contributed by atoms with Crippen LogP contribution in [0.15, 0.2) is 28.8 Å². The number of carbonyl (C=O) groups is 2. The molecule has 1 saturated heterocycles. The van der Waals surface area contributed by atoms with Gasteiger partial charge in [0.25, 0.3) is 0 Å². The quantitative estimate of drug-likeness (QED) is 0.452. The highest BCUT2D eigenvalue weighted by molar-refractivity contribution is 6.00. The Morgan fingerprint density at radius 2 is 1.83 bits per heavy atom. The first-order chi connectivity index (χ1) is 14.4. The molecule has 0 bridgehead atoms. The fourth-order valence-corrected chi connectivity index (χ4v) is 3.69. The number of carbonyl (C=O) groups excluding carboxylic acids is 2. The van der Waals surface area contributed by atoms with Crippen molar-refractivity contribution in [3.63, 3.8) is 0 Å². The SMILES string of the molecule is Cc1cc(-n2c(C)cc(C(=O)COC(=O)c3ccc(N4CCCC4)nn3)c2C)no1. The van der Waals surface area contributed by atoms with Crippen LogP contribution >= 0.6 is 0 Å². The lowest BCUT2D eigenvalue weighted by Crippen LogP contribution is -2.20. The normalized spacial score (nSPS) is 13.6. The molecule has 1 fully saturated rings. The molecule has 3 aromatic heterocycles. The highest BCUT2D eigenvalue weighted by Crippen LogP contribution is 2.21. The lowest BCUT2D eigenvalue weighted by molar-refractivity contribution is 0.0467. The molecule has 0 saturated carbocycles. The Morgan fingerprint density at radius 3 is 2.47 bits per heavy atom. The zero-order valence-corrected chi connectivity index (χ0v) is 17.2. The van der Waals surface area contributed by atoms with E-state index in [0.717, 1.165) is 37.4 Å². The van der Waals surface area contributed by atoms with E-state index in [4.69, 9.17) is 9.26 Å². The van der Waals surface area contributed by atoms with Crippen LogP contribution in [0, 0.1) is 20.8 Å². The van der Waals surface area contributed by atoms with Gasteiger partial charge < -0.3 is 14.2 Å². The Balaban J connectivity index is 1.41. The molecule has 3 aromatic rings. The molecule has 9 nitrogen and oxygen atoms in total. The Morgan fingerprint density at radius 1 is 1.07 bits per heavy atom. The summed E-state index contributed by atoms with van der Waals surface area (Å²) in [5.41, 5.74) is 2.08. The van der Waals surface area contributed by atoms with E-state index in [9.17, 15) is 9.59 Å². The van der Waals surface area contributed by atoms with Gasteiger partial charge in [0.1, 0.15) is 5.76 Å². The maximum absolute atomic E-state index is 12.7. The lowest BCUT2D eigenvalue weighted by atomic mass is 10.1. The standard InChI is InChI=1S/C21H23N5O4/c1-13-10-16(15(3)26(13)20-11-14(2)30-24-20)18(27)12-29-21(28)17-6-7-19(23-22-17)25-8-4-5-9-25/h6-7,10-11H,4-5,8-9,12H2,1-3H3. The van der Waals surface area contributed by atoms with Gasteiger partial charge in [-0.15, -0.1) is 10.2 Å². The van der Waals surface area contributed by atoms with Gasteiger partial charge in [-0.25, -0.2) is 4.79 Å². The smallest absolute Gasteiger partial charge is 0.359 e. The van der Waals surface area contributed by atoms with E-state index in [1.54, 1.807) is 31.2 Å². The minimum atomic E-state index is -0.676. The molecule has 0 aliphatic carbocycles. The van der Waals surface area contributed by atoms with Crippen molar-refractivity contribution in [1.29, 1.82) is 0 Å². The summed E-state index contributed by atoms with van der Waals surface area (Å²) in [6, 6.07) is 6.87. The third-order valence-corrected chi connectivity index (χ3v) is 5.20. The molecular weight excluding hydrogens is 386 g/mol. The Labute approximate surface area is 173 Å². The van der Waals surface area contributed by atoms with Crippen molar-refractivity contribution < 1.29 is 18.8 Å². The van der Waals surface area contributed by atoms with Gasteiger partial charge in [-0.1, -0.05) is 5.16 Å². The number of ether oxygens (including phenoxy) is 1. The Bertz CT molecular complexity index is 1080. The minimum Gasteiger partial charge on any atom is -0.453 e. The van der Waals surface area contributed by atoms with Crippen LogP contribution in [0.5, 0.6) is 0 Å². The highest BCUT2D eigenvalue weighted by Gasteiger charge is 2.21. The molecule has 1 aliphatic rings. The zero-order valence-electron chi connectivity index (χ0n) is 17.2. The van der Waals surface area contributed by atoms with Crippen molar-refractivity contribution in [2.45, 2.75) is 33.6 Å². The largest absolute Gasteiger partial charge is 0.453 e. The van der Waals surface area contributed by atoms with Crippen LogP contribution in [-0.4, -0.2) is 51.4 Å². The summed E-state index contributed by atoms with van der Waals surface area (Å²) < 4.78 is 12.1. The molecule has 156 valence electrons. The molecule has 9 heteroatoms. The van der Waals surface area contributed by atoms with Crippen molar-refractivity contribution in [3.8, 4) is 5.82 Å². The fourth-order valence-electron chi connectivity index (χ4n) is 3.69. The Hall–Kier alpha value is -3.49. The van der Waals surface area contributed by atoms with E-state index in [1.807, 2.05) is 18.4 Å². The average Bonchev–Trinajstić information content (AvgIpc) is 3.47. The lowest BCUT2D eigenvalue weighted by Gasteiger charge is -2.15. The zero-order chi connectivity index (χ0) is 21.3. The van der Waals surface area contributed by atoms with E-state index in [0.29, 0.717) is 22.8 Å². The van der Waals surface area contributed by atoms with Gasteiger partial charge in [0.15, 0.2) is 23.9 Å². The van der Waals surface area contributed by atoms with Crippen LogP contribution in [0.2, 0.25) is 0 Å². The summed E-state index contributed by atoms with van der Waals surface area (Å²) in [7, 11) is 0. The number of anilines is 1. The molecule has 0 unspecified atom stereocenters. The molecule has 30 heavy (non-hydrogen) atoms. The monoisotopic (exact) mass is 409 g/mol. The van der Waals surface area contributed by atoms with Gasteiger partial charge in [0, 0.05) is 36.1 Å². The van der Waals surface area contributed by atoms with Crippen LogP contribution < -0.4 is 4.90 Å². The molecule has 0 amide bonds. The third kappa shape index (κ3) is 3.83. The van der Waals surface area contributed by atoms with E-state index >= 15 is 0 Å². The topological polar surface area (TPSA) is 103 Å². The van der Waals surface area contributed by atoms with Crippen molar-refractivity contribution in [3.05, 3.63) is 52.7 Å². The van der Waals surface area contributed by atoms with Crippen LogP contribution in [-0.2, 0) is 4.74 Å². The van der Waals surface area contributed by atoms with Gasteiger partial charge in [0.2, 0.25) is 5.78 Å². The summed E-state index contributed by atoms with van der Waals surface area (Å²) in [5.74, 6) is 1.05. The second-order valence-corrected chi connectivity index (χ2v) is 7.39. The van der Waals surface area contributed by atoms with Crippen molar-refractivity contribution in [2.24, 2.45) is 0 Å². The number of hydrogen-bond acceptors (Lipinski definition) is 8. The van der Waals surface area contributed by atoms with Gasteiger partial charge >= 0.3 is 5.97 Å². The van der Waals surface area contributed by atoms with Gasteiger partial charge in [-0.2, -0.15) is 0 Å². The minimum absolute atomic E-state index is 0.0780. The second kappa shape index (κ2) is 8.10. The highest BCUT2D eigenvalue weighted by atomic mass is 16.5. The summed E-state index contributed by atoms with van der Waals surface area (Å²) in [6.07, 6.45) is 2.26. The average molecular weight is 409 g/mol. The molecular formula is C21H23N5O4. The molecule has 4 rings (SSSR count). The molecule has 0 atom stereocenters. The van der Waals surface area contributed by atoms with E-state index < -0.39 is 5.97 Å². The first kappa shape index (κ1) is 19.8. The number of hydrogen-bond donors (Lipinski definition) is 0. The van der Waals surface area contributed by atoms with E-state index in [2.05, 4.69) is 20.3 Å². The molecule has 0 aromatic carbocycles. The number of nitrogens with zero attached hydrogens (tertiary/aromatic N) is 5. The third-order valence-electron chi connectivity index (χ3n) is 5.20. The predicted octanol–water partition coefficient (Wildman–Crippen LogP) is 2.82. The van der Waals surface area contributed by atoms with Crippen LogP contribution in [0.25, 0.3) is 5.82 Å². The first-order valence-electron chi connectivity index (χ1n) is 9.85. The predicted molar refractivity (Wildman–Crippen MR) is 108 cm³/mol. The van der Waals surface area contributed by atoms with Crippen LogP contribution in [0.1, 0.15) is 50.8 Å². The van der Waals surface area contributed by atoms with Gasteiger partial charge in [-0.05, 0) is 51.8 Å². The summed E-state index contributed by atoms with van der Waals surface area (Å²) in [5, 5.41) is 12.1. The van der Waals surface area contributed by atoms with Crippen LogP contribution in [0.4, 0.5) is 5.82 Å². The van der Waals surface area contributed by atoms with Gasteiger partial charge in [-0.3, -0.25) is 9.36 Å².